The zero-order valence-electron chi connectivity index (χ0n) is 11.9. The monoisotopic (exact) mass is 334 g/mol. The molecule has 8 heteroatoms. The molecule has 0 amide bonds. The number of halogens is 2. The highest BCUT2D eigenvalue weighted by atomic mass is 35.5. The molecule has 0 heterocycles. The van der Waals surface area contributed by atoms with Crippen molar-refractivity contribution in [3.63, 3.8) is 0 Å². The second-order valence-corrected chi connectivity index (χ2v) is 6.32. The van der Waals surface area contributed by atoms with Crippen LogP contribution in [0.15, 0.2) is 12.1 Å². The minimum absolute atomic E-state index is 0.0194. The maximum Gasteiger partial charge on any atom is 0.317 e. The van der Waals surface area contributed by atoms with E-state index in [2.05, 4.69) is 0 Å². The van der Waals surface area contributed by atoms with E-state index in [4.69, 9.17) is 28.3 Å². The van der Waals surface area contributed by atoms with Crippen LogP contribution in [0, 0.1) is 10.1 Å². The third kappa shape index (κ3) is 4.56. The zero-order chi connectivity index (χ0) is 16.4. The summed E-state index contributed by atoms with van der Waals surface area (Å²) in [5, 5.41) is 20.4. The Balaban J connectivity index is 3.28. The Bertz CT molecular complexity index is 570. The summed E-state index contributed by atoms with van der Waals surface area (Å²) in [7, 11) is 0. The lowest BCUT2D eigenvalue weighted by molar-refractivity contribution is -0.385. The first-order valence-electron chi connectivity index (χ1n) is 6.12. The summed E-state index contributed by atoms with van der Waals surface area (Å²) in [6.45, 7) is 5.22. The number of rotatable bonds is 5. The Morgan fingerprint density at radius 3 is 2.38 bits per heavy atom. The first-order valence-corrected chi connectivity index (χ1v) is 6.87. The molecule has 0 fully saturated rings. The van der Waals surface area contributed by atoms with Crippen molar-refractivity contribution in [1.29, 1.82) is 0 Å². The van der Waals surface area contributed by atoms with Gasteiger partial charge in [0.25, 0.3) is 5.69 Å². The van der Waals surface area contributed by atoms with Gasteiger partial charge in [0.05, 0.1) is 27.1 Å². The first kappa shape index (κ1) is 17.7. The average Bonchev–Trinajstić information content (AvgIpc) is 2.31. The molecule has 0 atom stereocenters. The van der Waals surface area contributed by atoms with Crippen LogP contribution in [0.4, 0.5) is 5.69 Å². The normalized spacial score (nSPS) is 11.7. The number of hydrogen-bond donors (Lipinski definition) is 1. The molecule has 0 aliphatic rings. The molecule has 0 unspecified atom stereocenters. The molecule has 0 spiro atoms. The molecule has 1 rings (SSSR count). The Morgan fingerprint density at radius 1 is 1.38 bits per heavy atom. The minimum atomic E-state index is -1.02. The van der Waals surface area contributed by atoms with Crippen molar-refractivity contribution in [2.24, 2.45) is 0 Å². The van der Waals surface area contributed by atoms with E-state index < -0.39 is 16.4 Å². The number of carboxylic acids is 1. The van der Waals surface area contributed by atoms with Crippen LogP contribution in [0.2, 0.25) is 10.0 Å². The van der Waals surface area contributed by atoms with Crippen LogP contribution < -0.4 is 0 Å². The van der Waals surface area contributed by atoms with Gasteiger partial charge in [0.15, 0.2) is 0 Å². The quantitative estimate of drug-likeness (QED) is 0.657. The number of carbonyl (C=O) groups is 1. The highest BCUT2D eigenvalue weighted by Gasteiger charge is 2.28. The highest BCUT2D eigenvalue weighted by Crippen LogP contribution is 2.34. The first-order chi connectivity index (χ1) is 9.54. The fourth-order valence-electron chi connectivity index (χ4n) is 1.79. The Hall–Kier alpha value is -1.37. The molecule has 1 aromatic carbocycles. The highest BCUT2D eigenvalue weighted by molar-refractivity contribution is 6.42. The van der Waals surface area contributed by atoms with Crippen molar-refractivity contribution in [2.75, 3.05) is 6.54 Å². The van der Waals surface area contributed by atoms with E-state index in [-0.39, 0.29) is 34.4 Å². The fraction of sp³-hybridized carbons (Fsp3) is 0.462. The molecule has 0 saturated heterocycles. The molecular weight excluding hydrogens is 319 g/mol. The van der Waals surface area contributed by atoms with Crippen LogP contribution >= 0.6 is 23.2 Å². The second kappa shape index (κ2) is 6.60. The van der Waals surface area contributed by atoms with Crippen LogP contribution in [0.3, 0.4) is 0 Å². The van der Waals surface area contributed by atoms with Crippen molar-refractivity contribution in [2.45, 2.75) is 32.9 Å². The molecule has 0 saturated carbocycles. The smallest absolute Gasteiger partial charge is 0.317 e. The average molecular weight is 335 g/mol. The number of nitro benzene ring substituents is 1. The fourth-order valence-corrected chi connectivity index (χ4v) is 2.18. The number of carboxylic acid groups (broad SMARTS) is 1. The SMILES string of the molecule is CC(C)(C)N(CC(=O)O)Cc1c([N+](=O)[O-])ccc(Cl)c1Cl. The third-order valence-electron chi connectivity index (χ3n) is 2.99. The summed E-state index contributed by atoms with van der Waals surface area (Å²) in [5.74, 6) is -1.02. The predicted molar refractivity (Wildman–Crippen MR) is 80.9 cm³/mol. The molecule has 1 N–H and O–H groups in total. The van der Waals surface area contributed by atoms with Crippen LogP contribution in [-0.2, 0) is 11.3 Å². The molecular formula is C13H16Cl2N2O4. The van der Waals surface area contributed by atoms with Crippen molar-refractivity contribution in [3.05, 3.63) is 37.9 Å². The van der Waals surface area contributed by atoms with Gasteiger partial charge in [-0.15, -0.1) is 0 Å². The van der Waals surface area contributed by atoms with Crippen molar-refractivity contribution in [3.8, 4) is 0 Å². The molecule has 116 valence electrons. The van der Waals surface area contributed by atoms with Crippen LogP contribution in [0.1, 0.15) is 26.3 Å². The number of benzene rings is 1. The summed E-state index contributed by atoms with van der Waals surface area (Å²) >= 11 is 12.0. The van der Waals surface area contributed by atoms with Gasteiger partial charge in [-0.25, -0.2) is 0 Å². The number of nitro groups is 1. The van der Waals surface area contributed by atoms with Crippen molar-refractivity contribution < 1.29 is 14.8 Å². The van der Waals surface area contributed by atoms with E-state index in [0.717, 1.165) is 0 Å². The molecule has 0 radical (unpaired) electrons. The summed E-state index contributed by atoms with van der Waals surface area (Å²) in [4.78, 5) is 23.1. The van der Waals surface area contributed by atoms with E-state index in [0.29, 0.717) is 0 Å². The van der Waals surface area contributed by atoms with Gasteiger partial charge in [0.1, 0.15) is 0 Å². The summed E-state index contributed by atoms with van der Waals surface area (Å²) in [5.41, 5.74) is -0.466. The lowest BCUT2D eigenvalue weighted by atomic mass is 10.0. The minimum Gasteiger partial charge on any atom is -0.480 e. The summed E-state index contributed by atoms with van der Waals surface area (Å²) in [6, 6.07) is 2.62. The van der Waals surface area contributed by atoms with E-state index in [1.54, 1.807) is 4.90 Å². The van der Waals surface area contributed by atoms with E-state index in [9.17, 15) is 14.9 Å². The van der Waals surface area contributed by atoms with Gasteiger partial charge in [-0.05, 0) is 26.8 Å². The lowest BCUT2D eigenvalue weighted by Crippen LogP contribution is -2.44. The van der Waals surface area contributed by atoms with Gasteiger partial charge in [0, 0.05) is 18.2 Å². The van der Waals surface area contributed by atoms with Gasteiger partial charge in [0.2, 0.25) is 0 Å². The van der Waals surface area contributed by atoms with Crippen LogP contribution in [0.5, 0.6) is 0 Å². The van der Waals surface area contributed by atoms with E-state index in [1.807, 2.05) is 20.8 Å². The van der Waals surface area contributed by atoms with Crippen LogP contribution in [0.25, 0.3) is 0 Å². The maximum atomic E-state index is 11.1. The molecule has 6 nitrogen and oxygen atoms in total. The Labute approximate surface area is 132 Å². The number of aliphatic carboxylic acids is 1. The standard InChI is InChI=1S/C13H16Cl2N2O4/c1-13(2,3)16(7-11(18)19)6-8-10(17(20)21)5-4-9(14)12(8)15/h4-5H,6-7H2,1-3H3,(H,18,19). The number of hydrogen-bond acceptors (Lipinski definition) is 4. The van der Waals surface area contributed by atoms with E-state index >= 15 is 0 Å². The summed E-state index contributed by atoms with van der Waals surface area (Å²) < 4.78 is 0. The Morgan fingerprint density at radius 2 is 1.95 bits per heavy atom. The second-order valence-electron chi connectivity index (χ2n) is 5.54. The van der Waals surface area contributed by atoms with Crippen molar-refractivity contribution >= 4 is 34.9 Å². The molecule has 21 heavy (non-hydrogen) atoms. The van der Waals surface area contributed by atoms with Crippen molar-refractivity contribution in [1.82, 2.24) is 4.90 Å². The van der Waals surface area contributed by atoms with Gasteiger partial charge >= 0.3 is 5.97 Å². The predicted octanol–water partition coefficient (Wildman–Crippen LogP) is 3.59. The molecule has 0 bridgehead atoms. The van der Waals surface area contributed by atoms with Gasteiger partial charge in [-0.1, -0.05) is 23.2 Å². The van der Waals surface area contributed by atoms with Gasteiger partial charge in [-0.2, -0.15) is 0 Å². The topological polar surface area (TPSA) is 83.7 Å². The largest absolute Gasteiger partial charge is 0.480 e. The van der Waals surface area contributed by atoms with Gasteiger partial charge in [-0.3, -0.25) is 19.8 Å². The van der Waals surface area contributed by atoms with Gasteiger partial charge < -0.3 is 5.11 Å². The molecule has 0 aliphatic heterocycles. The molecule has 0 aromatic heterocycles. The Kier molecular flexibility index (Phi) is 5.55. The maximum absolute atomic E-state index is 11.1. The molecule has 0 aliphatic carbocycles. The lowest BCUT2D eigenvalue weighted by Gasteiger charge is -2.34. The third-order valence-corrected chi connectivity index (χ3v) is 3.84. The number of nitrogens with zero attached hydrogens (tertiary/aromatic N) is 2. The van der Waals surface area contributed by atoms with E-state index in [1.165, 1.54) is 12.1 Å². The zero-order valence-corrected chi connectivity index (χ0v) is 13.4. The van der Waals surface area contributed by atoms with Crippen LogP contribution in [-0.4, -0.2) is 33.0 Å². The molecule has 1 aromatic rings. The summed E-state index contributed by atoms with van der Waals surface area (Å²) in [6.07, 6.45) is 0.